The number of aliphatic hydroxyl groups excluding tert-OH is 4. The molecule has 1 aromatic carbocycles. The van der Waals surface area contributed by atoms with Crippen LogP contribution in [0, 0.1) is 17.8 Å². The number of ether oxygens (including phenoxy) is 4. The van der Waals surface area contributed by atoms with Gasteiger partial charge < -0.3 is 44.5 Å². The van der Waals surface area contributed by atoms with Gasteiger partial charge in [0, 0.05) is 6.61 Å². The van der Waals surface area contributed by atoms with Crippen molar-refractivity contribution in [3.63, 3.8) is 0 Å². The summed E-state index contributed by atoms with van der Waals surface area (Å²) in [4.78, 5) is 24.5. The quantitative estimate of drug-likeness (QED) is 0.303. The van der Waals surface area contributed by atoms with Gasteiger partial charge in [0.15, 0.2) is 6.29 Å². The lowest BCUT2D eigenvalue weighted by Gasteiger charge is -2.41. The molecule has 0 amide bonds. The second kappa shape index (κ2) is 11.4. The van der Waals surface area contributed by atoms with Gasteiger partial charge in [-0.05, 0) is 48.9 Å². The summed E-state index contributed by atoms with van der Waals surface area (Å²) in [6.07, 6.45) is -7.09. The fraction of sp³-hybridized carbons (Fsp3) is 0.652. The summed E-state index contributed by atoms with van der Waals surface area (Å²) in [5, 5.41) is 49.7. The first kappa shape index (κ1) is 26.3. The number of benzene rings is 1. The molecule has 34 heavy (non-hydrogen) atoms. The van der Waals surface area contributed by atoms with E-state index >= 15 is 0 Å². The maximum absolute atomic E-state index is 12.3. The maximum Gasteiger partial charge on any atom is 0.338 e. The van der Waals surface area contributed by atoms with E-state index in [1.807, 2.05) is 0 Å². The Morgan fingerprint density at radius 2 is 1.76 bits per heavy atom. The molecule has 2 fully saturated rings. The third-order valence-electron chi connectivity index (χ3n) is 6.63. The van der Waals surface area contributed by atoms with Gasteiger partial charge in [-0.2, -0.15) is 0 Å². The van der Waals surface area contributed by atoms with Gasteiger partial charge in [0.2, 0.25) is 0 Å². The molecule has 2 aliphatic rings. The first-order valence-corrected chi connectivity index (χ1v) is 11.2. The summed E-state index contributed by atoms with van der Waals surface area (Å²) in [5.74, 6) is -2.20. The van der Waals surface area contributed by atoms with Crippen molar-refractivity contribution in [1.29, 1.82) is 0 Å². The lowest BCUT2D eigenvalue weighted by atomic mass is 9.88. The van der Waals surface area contributed by atoms with E-state index < -0.39 is 61.3 Å². The van der Waals surface area contributed by atoms with Gasteiger partial charge in [-0.15, -0.1) is 0 Å². The Kier molecular flexibility index (Phi) is 8.85. The molecule has 5 N–H and O–H groups in total. The van der Waals surface area contributed by atoms with Crippen LogP contribution in [0.4, 0.5) is 0 Å². The summed E-state index contributed by atoms with van der Waals surface area (Å²) in [7, 11) is 1.29. The number of phenolic OH excluding ortho intramolecular Hbond substituents is 1. The van der Waals surface area contributed by atoms with Crippen LogP contribution in [-0.2, 0) is 23.7 Å². The highest BCUT2D eigenvalue weighted by atomic mass is 16.7. The predicted octanol–water partition coefficient (Wildman–Crippen LogP) is -0.431. The SMILES string of the molecule is COC(=O)[C@H]1[C@@H](CCO)C[C@H](O[C@@H]2O[C@H](COC(=O)c3ccc(O)cc3)[C@@H](O)[C@H](O)[C@H]2O)[C@H]1C. The van der Waals surface area contributed by atoms with Crippen molar-refractivity contribution in [2.24, 2.45) is 17.8 Å². The smallest absolute Gasteiger partial charge is 0.338 e. The molecule has 1 aromatic rings. The van der Waals surface area contributed by atoms with Gasteiger partial charge in [0.1, 0.15) is 36.8 Å². The van der Waals surface area contributed by atoms with Gasteiger partial charge in [0.25, 0.3) is 0 Å². The minimum Gasteiger partial charge on any atom is -0.508 e. The van der Waals surface area contributed by atoms with Crippen LogP contribution < -0.4 is 0 Å². The molecular weight excluding hydrogens is 452 g/mol. The average molecular weight is 484 g/mol. The number of phenols is 1. The standard InChI is InChI=1S/C23H32O11/c1-11-15(9-13(7-8-24)17(11)22(30)31-2)33-23-20(28)19(27)18(26)16(34-23)10-32-21(29)12-3-5-14(25)6-4-12/h3-6,11,13,15-20,23-28H,7-10H2,1-2H3/t11-,13+,15+,16-,17-,18-,19+,20-,23-/m1/s1. The molecule has 1 heterocycles. The van der Waals surface area contributed by atoms with Crippen molar-refractivity contribution < 1.29 is 54.1 Å². The molecule has 1 saturated carbocycles. The fourth-order valence-corrected chi connectivity index (χ4v) is 4.68. The Labute approximate surface area is 196 Å². The summed E-state index contributed by atoms with van der Waals surface area (Å²) >= 11 is 0. The highest BCUT2D eigenvalue weighted by molar-refractivity contribution is 5.89. The first-order chi connectivity index (χ1) is 16.2. The average Bonchev–Trinajstić information content (AvgIpc) is 3.13. The van der Waals surface area contributed by atoms with E-state index in [4.69, 9.17) is 18.9 Å². The largest absolute Gasteiger partial charge is 0.508 e. The molecule has 1 saturated heterocycles. The Hall–Kier alpha value is -2.28. The number of carbonyl (C=O) groups is 2. The molecule has 190 valence electrons. The molecule has 0 aromatic heterocycles. The highest BCUT2D eigenvalue weighted by Crippen LogP contribution is 2.42. The van der Waals surface area contributed by atoms with Gasteiger partial charge in [-0.1, -0.05) is 6.92 Å². The van der Waals surface area contributed by atoms with Gasteiger partial charge in [0.05, 0.1) is 24.7 Å². The molecule has 0 unspecified atom stereocenters. The molecule has 1 aliphatic heterocycles. The number of methoxy groups -OCH3 is 1. The summed E-state index contributed by atoms with van der Waals surface area (Å²) in [5.41, 5.74) is 0.167. The second-order valence-corrected chi connectivity index (χ2v) is 8.75. The van der Waals surface area contributed by atoms with Gasteiger partial charge >= 0.3 is 11.9 Å². The number of hydrogen-bond donors (Lipinski definition) is 5. The van der Waals surface area contributed by atoms with E-state index in [0.29, 0.717) is 12.8 Å². The second-order valence-electron chi connectivity index (χ2n) is 8.75. The van der Waals surface area contributed by atoms with E-state index in [9.17, 15) is 35.1 Å². The molecule has 0 radical (unpaired) electrons. The van der Waals surface area contributed by atoms with Gasteiger partial charge in [-0.3, -0.25) is 4.79 Å². The summed E-state index contributed by atoms with van der Waals surface area (Å²) in [6.45, 7) is 1.25. The normalized spacial score (nSPS) is 35.6. The fourth-order valence-electron chi connectivity index (χ4n) is 4.68. The molecule has 0 bridgehead atoms. The Morgan fingerprint density at radius 1 is 1.09 bits per heavy atom. The van der Waals surface area contributed by atoms with Gasteiger partial charge in [-0.25, -0.2) is 4.79 Å². The van der Waals surface area contributed by atoms with Crippen molar-refractivity contribution in [2.75, 3.05) is 20.3 Å². The van der Waals surface area contributed by atoms with Crippen LogP contribution >= 0.6 is 0 Å². The zero-order chi connectivity index (χ0) is 25.0. The number of rotatable bonds is 8. The molecule has 0 spiro atoms. The summed E-state index contributed by atoms with van der Waals surface area (Å²) < 4.78 is 21.6. The number of carbonyl (C=O) groups excluding carboxylic acids is 2. The number of esters is 2. The van der Waals surface area contributed by atoms with Crippen LogP contribution in [0.15, 0.2) is 24.3 Å². The third kappa shape index (κ3) is 5.68. The van der Waals surface area contributed by atoms with Crippen molar-refractivity contribution in [3.05, 3.63) is 29.8 Å². The van der Waals surface area contributed by atoms with E-state index in [2.05, 4.69) is 0 Å². The highest BCUT2D eigenvalue weighted by Gasteiger charge is 2.50. The van der Waals surface area contributed by atoms with Crippen LogP contribution in [-0.4, -0.2) is 94.6 Å². The van der Waals surface area contributed by atoms with Crippen LogP contribution in [0.3, 0.4) is 0 Å². The van der Waals surface area contributed by atoms with Crippen LogP contribution in [0.25, 0.3) is 0 Å². The number of hydrogen-bond acceptors (Lipinski definition) is 11. The topological polar surface area (TPSA) is 172 Å². The van der Waals surface area contributed by atoms with Crippen molar-refractivity contribution in [3.8, 4) is 5.75 Å². The van der Waals surface area contributed by atoms with Crippen molar-refractivity contribution in [1.82, 2.24) is 0 Å². The zero-order valence-corrected chi connectivity index (χ0v) is 19.0. The molecule has 9 atom stereocenters. The van der Waals surface area contributed by atoms with Crippen LogP contribution in [0.5, 0.6) is 5.75 Å². The minimum atomic E-state index is -1.63. The Morgan fingerprint density at radius 3 is 2.38 bits per heavy atom. The lowest BCUT2D eigenvalue weighted by molar-refractivity contribution is -0.313. The Balaban J connectivity index is 1.65. The predicted molar refractivity (Wildman–Crippen MR) is 114 cm³/mol. The lowest BCUT2D eigenvalue weighted by Crippen LogP contribution is -2.60. The van der Waals surface area contributed by atoms with Crippen LogP contribution in [0.2, 0.25) is 0 Å². The molecule has 11 heteroatoms. The van der Waals surface area contributed by atoms with E-state index in [0.717, 1.165) is 0 Å². The number of aliphatic hydroxyl groups is 4. The zero-order valence-electron chi connectivity index (χ0n) is 19.0. The molecular formula is C23H32O11. The van der Waals surface area contributed by atoms with E-state index in [-0.39, 0.29) is 29.8 Å². The molecule has 11 nitrogen and oxygen atoms in total. The molecule has 1 aliphatic carbocycles. The van der Waals surface area contributed by atoms with E-state index in [1.54, 1.807) is 6.92 Å². The van der Waals surface area contributed by atoms with Crippen LogP contribution in [0.1, 0.15) is 30.1 Å². The van der Waals surface area contributed by atoms with Crippen molar-refractivity contribution >= 4 is 11.9 Å². The molecule has 3 rings (SSSR count). The third-order valence-corrected chi connectivity index (χ3v) is 6.63. The first-order valence-electron chi connectivity index (χ1n) is 11.2. The summed E-state index contributed by atoms with van der Waals surface area (Å²) in [6, 6.07) is 5.37. The number of aromatic hydroxyl groups is 1. The Bertz CT molecular complexity index is 829. The van der Waals surface area contributed by atoms with Crippen molar-refractivity contribution in [2.45, 2.75) is 56.6 Å². The monoisotopic (exact) mass is 484 g/mol. The maximum atomic E-state index is 12.3. The minimum absolute atomic E-state index is 0.0171. The van der Waals surface area contributed by atoms with E-state index in [1.165, 1.54) is 31.4 Å².